The van der Waals surface area contributed by atoms with Crippen LogP contribution in [0.4, 0.5) is 5.82 Å². The fraction of sp³-hybridized carbons (Fsp3) is 0.526. The highest BCUT2D eigenvalue weighted by Gasteiger charge is 2.15. The highest BCUT2D eigenvalue weighted by Crippen LogP contribution is 2.21. The van der Waals surface area contributed by atoms with Crippen LogP contribution in [0.1, 0.15) is 29.8 Å². The van der Waals surface area contributed by atoms with Crippen molar-refractivity contribution in [1.82, 2.24) is 15.1 Å². The second kappa shape index (κ2) is 8.99. The van der Waals surface area contributed by atoms with Crippen LogP contribution < -0.4 is 10.2 Å². The number of aliphatic hydroxyl groups excluding tert-OH is 1. The molecule has 0 amide bonds. The molecule has 25 heavy (non-hydrogen) atoms. The van der Waals surface area contributed by atoms with Crippen LogP contribution in [0.5, 0.6) is 0 Å². The van der Waals surface area contributed by atoms with Gasteiger partial charge in [0.05, 0.1) is 24.5 Å². The fourth-order valence-corrected chi connectivity index (χ4v) is 2.95. The summed E-state index contributed by atoms with van der Waals surface area (Å²) in [5.74, 6) is 1.08. The summed E-state index contributed by atoms with van der Waals surface area (Å²) in [6.45, 7) is 5.44. The molecule has 0 aliphatic carbocycles. The number of hydrogen-bond donors (Lipinski definition) is 2. The lowest BCUT2D eigenvalue weighted by Gasteiger charge is -2.18. The molecule has 2 atom stereocenters. The summed E-state index contributed by atoms with van der Waals surface area (Å²) < 4.78 is 7.65. The Hall–Kier alpha value is -1.89. The maximum atomic E-state index is 10.2. The van der Waals surface area contributed by atoms with E-state index in [1.807, 2.05) is 70.0 Å². The van der Waals surface area contributed by atoms with Crippen molar-refractivity contribution in [3.63, 3.8) is 0 Å². The van der Waals surface area contributed by atoms with Gasteiger partial charge in [0, 0.05) is 39.8 Å². The van der Waals surface area contributed by atoms with Gasteiger partial charge in [-0.05, 0) is 19.4 Å². The van der Waals surface area contributed by atoms with Crippen molar-refractivity contribution < 1.29 is 9.84 Å². The minimum absolute atomic E-state index is 0.0308. The van der Waals surface area contributed by atoms with Gasteiger partial charge < -0.3 is 20.1 Å². The van der Waals surface area contributed by atoms with Gasteiger partial charge in [-0.1, -0.05) is 30.3 Å². The van der Waals surface area contributed by atoms with E-state index in [2.05, 4.69) is 15.3 Å². The summed E-state index contributed by atoms with van der Waals surface area (Å²) in [5.41, 5.74) is 3.27. The topological polar surface area (TPSA) is 62.6 Å². The molecular weight excluding hydrogens is 316 g/mol. The van der Waals surface area contributed by atoms with Crippen LogP contribution in [0.25, 0.3) is 0 Å². The van der Waals surface area contributed by atoms with Crippen LogP contribution in [0, 0.1) is 6.92 Å². The van der Waals surface area contributed by atoms with Crippen molar-refractivity contribution in [2.24, 2.45) is 7.05 Å². The molecule has 0 saturated heterocycles. The Morgan fingerprint density at radius 2 is 1.96 bits per heavy atom. The van der Waals surface area contributed by atoms with E-state index in [4.69, 9.17) is 4.74 Å². The van der Waals surface area contributed by atoms with Crippen LogP contribution >= 0.6 is 0 Å². The van der Waals surface area contributed by atoms with Crippen molar-refractivity contribution in [2.75, 3.05) is 32.1 Å². The van der Waals surface area contributed by atoms with Crippen LogP contribution in [-0.2, 0) is 18.3 Å². The number of rotatable bonds is 9. The molecular formula is C19H30N4O2. The van der Waals surface area contributed by atoms with E-state index in [-0.39, 0.29) is 6.10 Å². The molecule has 1 heterocycles. The van der Waals surface area contributed by atoms with Crippen molar-refractivity contribution in [3.05, 3.63) is 47.2 Å². The highest BCUT2D eigenvalue weighted by molar-refractivity contribution is 5.48. The van der Waals surface area contributed by atoms with Gasteiger partial charge in [0.2, 0.25) is 0 Å². The molecule has 0 fully saturated rings. The first-order valence-corrected chi connectivity index (χ1v) is 8.65. The number of benzene rings is 1. The van der Waals surface area contributed by atoms with Gasteiger partial charge in [0.25, 0.3) is 0 Å². The van der Waals surface area contributed by atoms with Crippen LogP contribution in [-0.4, -0.2) is 48.2 Å². The fourth-order valence-electron chi connectivity index (χ4n) is 2.95. The molecule has 2 aromatic rings. The van der Waals surface area contributed by atoms with E-state index in [9.17, 15) is 5.11 Å². The molecule has 6 heteroatoms. The molecule has 138 valence electrons. The third kappa shape index (κ3) is 5.29. The second-order valence-corrected chi connectivity index (χ2v) is 6.58. The smallest absolute Gasteiger partial charge is 0.130 e. The molecule has 6 nitrogen and oxygen atoms in total. The van der Waals surface area contributed by atoms with Crippen molar-refractivity contribution in [3.8, 4) is 0 Å². The highest BCUT2D eigenvalue weighted by atomic mass is 16.5. The Labute approximate surface area is 150 Å². The Balaban J connectivity index is 1.78. The summed E-state index contributed by atoms with van der Waals surface area (Å²) in [7, 11) is 5.96. The molecule has 0 aliphatic rings. The van der Waals surface area contributed by atoms with Crippen molar-refractivity contribution in [1.29, 1.82) is 0 Å². The molecule has 2 N–H and O–H groups in total. The Kier molecular flexibility index (Phi) is 6.99. The normalized spacial score (nSPS) is 13.7. The molecule has 0 radical (unpaired) electrons. The number of nitrogens with zero attached hydrogens (tertiary/aromatic N) is 3. The number of nitrogens with one attached hydrogen (secondary N) is 1. The number of aryl methyl sites for hydroxylation is 2. The average molecular weight is 346 g/mol. The maximum Gasteiger partial charge on any atom is 0.130 e. The number of anilines is 1. The summed E-state index contributed by atoms with van der Waals surface area (Å²) in [6, 6.07) is 10.0. The van der Waals surface area contributed by atoms with E-state index < -0.39 is 6.10 Å². The molecule has 0 aliphatic heterocycles. The molecule has 0 saturated carbocycles. The number of aliphatic hydroxyl groups is 1. The van der Waals surface area contributed by atoms with Gasteiger partial charge in [0.1, 0.15) is 5.82 Å². The quantitative estimate of drug-likeness (QED) is 0.727. The number of ether oxygens (including phenoxy) is 1. The van der Waals surface area contributed by atoms with Crippen LogP contribution in [0.2, 0.25) is 0 Å². The summed E-state index contributed by atoms with van der Waals surface area (Å²) >= 11 is 0. The summed E-state index contributed by atoms with van der Waals surface area (Å²) in [6.07, 6.45) is -0.581. The second-order valence-electron chi connectivity index (χ2n) is 6.58. The number of hydrogen-bond acceptors (Lipinski definition) is 5. The first kappa shape index (κ1) is 19.4. The van der Waals surface area contributed by atoms with Crippen LogP contribution in [0.3, 0.4) is 0 Å². The standard InChI is InChI=1S/C19H30N4O2/c1-14-18(19(22(3)4)23(5)21-14)12-20-11-17(24)13-25-15(2)16-9-7-6-8-10-16/h6-10,15,17,20,24H,11-13H2,1-5H3/t15-,17+/m1/s1. The van der Waals surface area contributed by atoms with Gasteiger partial charge in [0.15, 0.2) is 0 Å². The molecule has 1 aromatic carbocycles. The third-order valence-corrected chi connectivity index (χ3v) is 4.23. The SMILES string of the molecule is Cc1nn(C)c(N(C)C)c1CNC[C@H](O)CO[C@H](C)c1ccccc1. The van der Waals surface area contributed by atoms with Gasteiger partial charge in [-0.15, -0.1) is 0 Å². The Morgan fingerprint density at radius 3 is 2.60 bits per heavy atom. The Morgan fingerprint density at radius 1 is 1.28 bits per heavy atom. The molecule has 0 spiro atoms. The van der Waals surface area contributed by atoms with Crippen molar-refractivity contribution >= 4 is 5.82 Å². The van der Waals surface area contributed by atoms with Gasteiger partial charge in [-0.3, -0.25) is 4.68 Å². The first-order valence-electron chi connectivity index (χ1n) is 8.65. The minimum atomic E-state index is -0.550. The zero-order valence-electron chi connectivity index (χ0n) is 15.9. The predicted molar refractivity (Wildman–Crippen MR) is 101 cm³/mol. The zero-order valence-corrected chi connectivity index (χ0v) is 15.9. The molecule has 0 bridgehead atoms. The van der Waals surface area contributed by atoms with E-state index in [0.29, 0.717) is 19.7 Å². The lowest BCUT2D eigenvalue weighted by molar-refractivity contribution is -0.00212. The van der Waals surface area contributed by atoms with Gasteiger partial charge in [-0.2, -0.15) is 5.10 Å². The van der Waals surface area contributed by atoms with Gasteiger partial charge in [-0.25, -0.2) is 0 Å². The minimum Gasteiger partial charge on any atom is -0.389 e. The van der Waals surface area contributed by atoms with E-state index in [1.165, 1.54) is 0 Å². The zero-order chi connectivity index (χ0) is 18.4. The largest absolute Gasteiger partial charge is 0.389 e. The average Bonchev–Trinajstić information content (AvgIpc) is 2.87. The van der Waals surface area contributed by atoms with E-state index in [0.717, 1.165) is 22.6 Å². The van der Waals surface area contributed by atoms with Crippen LogP contribution in [0.15, 0.2) is 30.3 Å². The van der Waals surface area contributed by atoms with Gasteiger partial charge >= 0.3 is 0 Å². The van der Waals surface area contributed by atoms with E-state index in [1.54, 1.807) is 0 Å². The summed E-state index contributed by atoms with van der Waals surface area (Å²) in [4.78, 5) is 2.05. The lowest BCUT2D eigenvalue weighted by atomic mass is 10.1. The molecule has 1 aromatic heterocycles. The molecule has 2 rings (SSSR count). The van der Waals surface area contributed by atoms with Crippen molar-refractivity contribution in [2.45, 2.75) is 32.6 Å². The molecule has 0 unspecified atom stereocenters. The third-order valence-electron chi connectivity index (χ3n) is 4.23. The maximum absolute atomic E-state index is 10.2. The van der Waals surface area contributed by atoms with E-state index >= 15 is 0 Å². The monoisotopic (exact) mass is 346 g/mol. The predicted octanol–water partition coefficient (Wildman–Crippen LogP) is 2.02. The number of aromatic nitrogens is 2. The Bertz CT molecular complexity index is 655. The first-order chi connectivity index (χ1) is 11.9. The summed E-state index contributed by atoms with van der Waals surface area (Å²) in [5, 5.41) is 17.9. The lowest BCUT2D eigenvalue weighted by Crippen LogP contribution is -2.31.